The lowest BCUT2D eigenvalue weighted by atomic mass is 10.1. The Kier molecular flexibility index (Phi) is 7.54. The molecule has 1 saturated heterocycles. The van der Waals surface area contributed by atoms with Crippen molar-refractivity contribution in [1.29, 1.82) is 0 Å². The topological polar surface area (TPSA) is 46.6 Å². The second kappa shape index (κ2) is 11.1. The van der Waals surface area contributed by atoms with Gasteiger partial charge >= 0.3 is 0 Å². The molecule has 36 heavy (non-hydrogen) atoms. The van der Waals surface area contributed by atoms with Crippen LogP contribution >= 0.6 is 27.7 Å². The molecule has 0 spiro atoms. The maximum Gasteiger partial charge on any atom is 0.293 e. The first-order valence-electron chi connectivity index (χ1n) is 11.8. The van der Waals surface area contributed by atoms with Crippen molar-refractivity contribution in [3.63, 3.8) is 0 Å². The van der Waals surface area contributed by atoms with E-state index in [1.54, 1.807) is 6.08 Å². The number of carbonyl (C=O) groups excluding carboxylic acids is 2. The molecular formula is C30H24BrNO3S. The Labute approximate surface area is 223 Å². The number of hydrogen-bond donors (Lipinski definition) is 0. The molecule has 1 heterocycles. The van der Waals surface area contributed by atoms with E-state index in [1.165, 1.54) is 21.2 Å². The summed E-state index contributed by atoms with van der Waals surface area (Å²) in [6.45, 7) is 0.868. The number of halogens is 1. The lowest BCUT2D eigenvalue weighted by molar-refractivity contribution is -0.122. The third kappa shape index (κ3) is 5.72. The molecule has 180 valence electrons. The number of imide groups is 1. The molecule has 0 radical (unpaired) electrons. The van der Waals surface area contributed by atoms with Crippen molar-refractivity contribution in [3.05, 3.63) is 117 Å². The van der Waals surface area contributed by atoms with Gasteiger partial charge in [-0.15, -0.1) is 0 Å². The second-order valence-electron chi connectivity index (χ2n) is 8.58. The highest BCUT2D eigenvalue weighted by Crippen LogP contribution is 2.34. The maximum absolute atomic E-state index is 12.8. The average Bonchev–Trinajstić information content (AvgIpc) is 3.16. The van der Waals surface area contributed by atoms with Gasteiger partial charge in [-0.25, -0.2) is 0 Å². The molecule has 0 bridgehead atoms. The fourth-order valence-corrected chi connectivity index (χ4v) is 5.52. The summed E-state index contributed by atoms with van der Waals surface area (Å²) in [4.78, 5) is 27.1. The van der Waals surface area contributed by atoms with E-state index in [-0.39, 0.29) is 11.1 Å². The molecule has 1 aliphatic heterocycles. The van der Waals surface area contributed by atoms with Gasteiger partial charge in [-0.05, 0) is 92.3 Å². The number of aryl methyl sites for hydroxylation is 1. The van der Waals surface area contributed by atoms with Crippen molar-refractivity contribution in [2.24, 2.45) is 0 Å². The SMILES string of the molecule is O=C1S/C(=C/c2ccc(OCc3ccc4ccccc4c3)c(Br)c2)C(=O)N1CCCc1ccccc1. The first-order valence-corrected chi connectivity index (χ1v) is 13.4. The summed E-state index contributed by atoms with van der Waals surface area (Å²) in [5.41, 5.74) is 3.12. The van der Waals surface area contributed by atoms with Crippen LogP contribution in [-0.2, 0) is 17.8 Å². The van der Waals surface area contributed by atoms with Gasteiger partial charge in [0.25, 0.3) is 11.1 Å². The van der Waals surface area contributed by atoms with Crippen LogP contribution < -0.4 is 4.74 Å². The van der Waals surface area contributed by atoms with Crippen LogP contribution in [-0.4, -0.2) is 22.6 Å². The third-order valence-corrected chi connectivity index (χ3v) is 7.55. The molecule has 2 amide bonds. The summed E-state index contributed by atoms with van der Waals surface area (Å²) < 4.78 is 6.82. The van der Waals surface area contributed by atoms with Gasteiger partial charge in [0.05, 0.1) is 9.38 Å². The Balaban J connectivity index is 1.21. The first kappa shape index (κ1) is 24.3. The standard InChI is InChI=1S/C30H24BrNO3S/c31-26-18-22(13-15-27(26)35-20-23-12-14-24-10-4-5-11-25(24)17-23)19-28-29(33)32(30(34)36-28)16-6-9-21-7-2-1-3-8-21/h1-5,7-8,10-15,17-19H,6,9,16,20H2/b28-19+. The zero-order chi connectivity index (χ0) is 24.9. The Morgan fingerprint density at radius 2 is 1.61 bits per heavy atom. The molecule has 4 aromatic carbocycles. The fraction of sp³-hybridized carbons (Fsp3) is 0.133. The summed E-state index contributed by atoms with van der Waals surface area (Å²) in [6, 6.07) is 30.3. The van der Waals surface area contributed by atoms with Crippen LogP contribution in [0, 0.1) is 0 Å². The van der Waals surface area contributed by atoms with Gasteiger partial charge in [-0.2, -0.15) is 0 Å². The van der Waals surface area contributed by atoms with Gasteiger partial charge in [-0.1, -0.05) is 72.8 Å². The normalized spacial score (nSPS) is 14.7. The smallest absolute Gasteiger partial charge is 0.293 e. The van der Waals surface area contributed by atoms with Crippen LogP contribution in [0.4, 0.5) is 4.79 Å². The quantitative estimate of drug-likeness (QED) is 0.207. The number of nitrogens with zero attached hydrogens (tertiary/aromatic N) is 1. The molecule has 0 aromatic heterocycles. The molecular weight excluding hydrogens is 534 g/mol. The van der Waals surface area contributed by atoms with E-state index in [4.69, 9.17) is 4.74 Å². The van der Waals surface area contributed by atoms with Crippen LogP contribution in [0.15, 0.2) is 100 Å². The molecule has 0 N–H and O–H groups in total. The molecule has 0 unspecified atom stereocenters. The summed E-state index contributed by atoms with van der Waals surface area (Å²) in [5.74, 6) is 0.486. The third-order valence-electron chi connectivity index (χ3n) is 6.03. The molecule has 5 rings (SSSR count). The van der Waals surface area contributed by atoms with Crippen molar-refractivity contribution >= 4 is 55.7 Å². The van der Waals surface area contributed by atoms with Crippen LogP contribution in [0.3, 0.4) is 0 Å². The summed E-state index contributed by atoms with van der Waals surface area (Å²) >= 11 is 4.58. The summed E-state index contributed by atoms with van der Waals surface area (Å²) in [5, 5.41) is 2.17. The van der Waals surface area contributed by atoms with Crippen LogP contribution in [0.1, 0.15) is 23.1 Å². The highest BCUT2D eigenvalue weighted by molar-refractivity contribution is 9.10. The average molecular weight is 558 g/mol. The van der Waals surface area contributed by atoms with E-state index in [9.17, 15) is 9.59 Å². The molecule has 1 fully saturated rings. The molecule has 0 saturated carbocycles. The lowest BCUT2D eigenvalue weighted by Crippen LogP contribution is -2.29. The Morgan fingerprint density at radius 1 is 0.833 bits per heavy atom. The van der Waals surface area contributed by atoms with Crippen LogP contribution in [0.25, 0.3) is 16.8 Å². The van der Waals surface area contributed by atoms with Crippen molar-refractivity contribution in [3.8, 4) is 5.75 Å². The minimum atomic E-state index is -0.231. The Morgan fingerprint density at radius 3 is 2.42 bits per heavy atom. The van der Waals surface area contributed by atoms with E-state index in [1.807, 2.05) is 48.5 Å². The minimum Gasteiger partial charge on any atom is -0.488 e. The first-order chi connectivity index (χ1) is 17.6. The highest BCUT2D eigenvalue weighted by atomic mass is 79.9. The van der Waals surface area contributed by atoms with Gasteiger partial charge in [-0.3, -0.25) is 14.5 Å². The van der Waals surface area contributed by atoms with Gasteiger partial charge in [0, 0.05) is 6.54 Å². The molecule has 6 heteroatoms. The number of ether oxygens (including phenoxy) is 1. The lowest BCUT2D eigenvalue weighted by Gasteiger charge is -2.12. The molecule has 4 aromatic rings. The summed E-state index contributed by atoms with van der Waals surface area (Å²) in [6.07, 6.45) is 3.33. The zero-order valence-electron chi connectivity index (χ0n) is 19.5. The van der Waals surface area contributed by atoms with Gasteiger partial charge in [0.1, 0.15) is 12.4 Å². The van der Waals surface area contributed by atoms with Gasteiger partial charge < -0.3 is 4.74 Å². The van der Waals surface area contributed by atoms with Crippen molar-refractivity contribution in [2.75, 3.05) is 6.54 Å². The predicted molar refractivity (Wildman–Crippen MR) is 150 cm³/mol. The zero-order valence-corrected chi connectivity index (χ0v) is 21.9. The molecule has 0 atom stereocenters. The number of hydrogen-bond acceptors (Lipinski definition) is 4. The van der Waals surface area contributed by atoms with E-state index < -0.39 is 0 Å². The predicted octanol–water partition coefficient (Wildman–Crippen LogP) is 7.85. The number of amides is 2. The Bertz CT molecular complexity index is 1450. The van der Waals surface area contributed by atoms with Crippen LogP contribution in [0.5, 0.6) is 5.75 Å². The second-order valence-corrected chi connectivity index (χ2v) is 10.4. The number of benzene rings is 4. The highest BCUT2D eigenvalue weighted by Gasteiger charge is 2.34. The number of fused-ring (bicyclic) bond motifs is 1. The molecule has 4 nitrogen and oxygen atoms in total. The maximum atomic E-state index is 12.8. The molecule has 0 aliphatic carbocycles. The van der Waals surface area contributed by atoms with E-state index in [0.29, 0.717) is 23.8 Å². The summed E-state index contributed by atoms with van der Waals surface area (Å²) in [7, 11) is 0. The van der Waals surface area contributed by atoms with Crippen LogP contribution in [0.2, 0.25) is 0 Å². The number of carbonyl (C=O) groups is 2. The van der Waals surface area contributed by atoms with Gasteiger partial charge in [0.15, 0.2) is 0 Å². The number of thioether (sulfide) groups is 1. The van der Waals surface area contributed by atoms with Crippen molar-refractivity contribution in [1.82, 2.24) is 4.90 Å². The largest absolute Gasteiger partial charge is 0.488 e. The van der Waals surface area contributed by atoms with Crippen molar-refractivity contribution in [2.45, 2.75) is 19.4 Å². The van der Waals surface area contributed by atoms with Crippen molar-refractivity contribution < 1.29 is 14.3 Å². The van der Waals surface area contributed by atoms with Gasteiger partial charge in [0.2, 0.25) is 0 Å². The monoisotopic (exact) mass is 557 g/mol. The van der Waals surface area contributed by atoms with E-state index >= 15 is 0 Å². The number of rotatable bonds is 8. The minimum absolute atomic E-state index is 0.214. The van der Waals surface area contributed by atoms with E-state index in [0.717, 1.165) is 40.2 Å². The molecule has 1 aliphatic rings. The Hall–Kier alpha value is -3.35. The van der Waals surface area contributed by atoms with E-state index in [2.05, 4.69) is 58.4 Å². The fourth-order valence-electron chi connectivity index (χ4n) is 4.14.